The van der Waals surface area contributed by atoms with E-state index in [2.05, 4.69) is 4.90 Å². The quantitative estimate of drug-likeness (QED) is 0.494. The van der Waals surface area contributed by atoms with Crippen molar-refractivity contribution in [3.05, 3.63) is 11.6 Å². The molecule has 0 aromatic carbocycles. The molecule has 0 saturated carbocycles. The van der Waals surface area contributed by atoms with Crippen molar-refractivity contribution in [2.75, 3.05) is 27.2 Å². The van der Waals surface area contributed by atoms with Crippen LogP contribution in [0.15, 0.2) is 11.6 Å². The third-order valence-corrected chi connectivity index (χ3v) is 2.43. The van der Waals surface area contributed by atoms with Gasteiger partial charge in [0.15, 0.2) is 0 Å². The Morgan fingerprint density at radius 2 is 1.93 bits per heavy atom. The van der Waals surface area contributed by atoms with E-state index in [1.807, 2.05) is 14.1 Å². The van der Waals surface area contributed by atoms with Gasteiger partial charge >= 0.3 is 0 Å². The monoisotopic (exact) mass is 210 g/mol. The fourth-order valence-corrected chi connectivity index (χ4v) is 1.55. The zero-order valence-corrected chi connectivity index (χ0v) is 9.62. The van der Waals surface area contributed by atoms with Gasteiger partial charge in [-0.05, 0) is 40.4 Å². The molecule has 4 nitrogen and oxygen atoms in total. The fourth-order valence-electron chi connectivity index (χ4n) is 1.55. The summed E-state index contributed by atoms with van der Waals surface area (Å²) >= 11 is 0. The standard InChI is InChI=1S/C11H18N2O2/c1-9-8-10(14)13(11(9)15)7-5-4-6-12(2)3/h8H,4-7H2,1-3H3. The molecular weight excluding hydrogens is 192 g/mol. The molecule has 0 aromatic rings. The molecule has 0 bridgehead atoms. The minimum atomic E-state index is -0.164. The predicted octanol–water partition coefficient (Wildman–Crippen LogP) is 0.643. The summed E-state index contributed by atoms with van der Waals surface area (Å²) in [6.07, 6.45) is 3.29. The highest BCUT2D eigenvalue weighted by Crippen LogP contribution is 2.12. The average Bonchev–Trinajstić information content (AvgIpc) is 2.37. The Labute approximate surface area is 90.5 Å². The maximum Gasteiger partial charge on any atom is 0.256 e. The summed E-state index contributed by atoms with van der Waals surface area (Å²) < 4.78 is 0. The lowest BCUT2D eigenvalue weighted by molar-refractivity contribution is -0.137. The molecule has 1 rings (SSSR count). The minimum Gasteiger partial charge on any atom is -0.309 e. The lowest BCUT2D eigenvalue weighted by Gasteiger charge is -2.15. The van der Waals surface area contributed by atoms with E-state index in [0.717, 1.165) is 19.4 Å². The molecule has 0 N–H and O–H groups in total. The van der Waals surface area contributed by atoms with Crippen molar-refractivity contribution in [1.82, 2.24) is 9.80 Å². The normalized spacial score (nSPS) is 16.5. The third kappa shape index (κ3) is 3.16. The lowest BCUT2D eigenvalue weighted by Crippen LogP contribution is -2.32. The number of unbranched alkanes of at least 4 members (excludes halogenated alkanes) is 1. The van der Waals surface area contributed by atoms with Gasteiger partial charge in [0.25, 0.3) is 11.8 Å². The molecule has 0 radical (unpaired) electrons. The van der Waals surface area contributed by atoms with Crippen LogP contribution in [0.25, 0.3) is 0 Å². The van der Waals surface area contributed by atoms with Crippen LogP contribution in [0.5, 0.6) is 0 Å². The summed E-state index contributed by atoms with van der Waals surface area (Å²) in [6.45, 7) is 3.21. The van der Waals surface area contributed by atoms with Crippen LogP contribution in [0, 0.1) is 0 Å². The van der Waals surface area contributed by atoms with Crippen LogP contribution in [-0.2, 0) is 9.59 Å². The Bertz CT molecular complexity index is 295. The molecule has 0 fully saturated rings. The number of hydrogen-bond donors (Lipinski definition) is 0. The van der Waals surface area contributed by atoms with E-state index in [9.17, 15) is 9.59 Å². The number of hydrogen-bond acceptors (Lipinski definition) is 3. The van der Waals surface area contributed by atoms with Crippen molar-refractivity contribution < 1.29 is 9.59 Å². The molecule has 0 saturated heterocycles. The molecule has 1 aliphatic heterocycles. The highest BCUT2D eigenvalue weighted by molar-refractivity contribution is 6.15. The zero-order chi connectivity index (χ0) is 11.4. The minimum absolute atomic E-state index is 0.134. The van der Waals surface area contributed by atoms with Crippen LogP contribution >= 0.6 is 0 Å². The number of carbonyl (C=O) groups is 2. The second-order valence-electron chi connectivity index (χ2n) is 4.13. The average molecular weight is 210 g/mol. The van der Waals surface area contributed by atoms with Crippen molar-refractivity contribution in [3.8, 4) is 0 Å². The van der Waals surface area contributed by atoms with Crippen LogP contribution in [0.4, 0.5) is 0 Å². The molecule has 1 aliphatic rings. The summed E-state index contributed by atoms with van der Waals surface area (Å²) in [6, 6.07) is 0. The third-order valence-electron chi connectivity index (χ3n) is 2.43. The Morgan fingerprint density at radius 3 is 2.40 bits per heavy atom. The van der Waals surface area contributed by atoms with Gasteiger partial charge in [0.05, 0.1) is 0 Å². The van der Waals surface area contributed by atoms with Gasteiger partial charge < -0.3 is 4.90 Å². The number of rotatable bonds is 5. The van der Waals surface area contributed by atoms with Crippen molar-refractivity contribution in [3.63, 3.8) is 0 Å². The van der Waals surface area contributed by atoms with Crippen molar-refractivity contribution in [2.24, 2.45) is 0 Å². The maximum absolute atomic E-state index is 11.5. The van der Waals surface area contributed by atoms with Gasteiger partial charge in [0.2, 0.25) is 0 Å². The van der Waals surface area contributed by atoms with E-state index in [1.165, 1.54) is 11.0 Å². The lowest BCUT2D eigenvalue weighted by atomic mass is 10.2. The largest absolute Gasteiger partial charge is 0.309 e. The maximum atomic E-state index is 11.5. The first-order chi connectivity index (χ1) is 7.02. The molecule has 0 aliphatic carbocycles. The van der Waals surface area contributed by atoms with Crippen molar-refractivity contribution in [1.29, 1.82) is 0 Å². The highest BCUT2D eigenvalue weighted by Gasteiger charge is 2.27. The molecule has 1 heterocycles. The molecular formula is C11H18N2O2. The summed E-state index contributed by atoms with van der Waals surface area (Å²) in [5.74, 6) is -0.299. The van der Waals surface area contributed by atoms with Gasteiger partial charge in [-0.1, -0.05) is 0 Å². The van der Waals surface area contributed by atoms with Gasteiger partial charge in [-0.25, -0.2) is 0 Å². The first-order valence-corrected chi connectivity index (χ1v) is 5.21. The number of carbonyl (C=O) groups excluding carboxylic acids is 2. The van der Waals surface area contributed by atoms with Gasteiger partial charge in [-0.2, -0.15) is 0 Å². The Balaban J connectivity index is 2.29. The molecule has 2 amide bonds. The van der Waals surface area contributed by atoms with Gasteiger partial charge in [-0.3, -0.25) is 14.5 Å². The smallest absolute Gasteiger partial charge is 0.256 e. The van der Waals surface area contributed by atoms with E-state index in [0.29, 0.717) is 12.1 Å². The Hall–Kier alpha value is -1.16. The second kappa shape index (κ2) is 5.07. The van der Waals surface area contributed by atoms with Gasteiger partial charge in [0.1, 0.15) is 0 Å². The van der Waals surface area contributed by atoms with Crippen molar-refractivity contribution in [2.45, 2.75) is 19.8 Å². The van der Waals surface area contributed by atoms with Crippen molar-refractivity contribution >= 4 is 11.8 Å². The van der Waals surface area contributed by atoms with E-state index < -0.39 is 0 Å². The summed E-state index contributed by atoms with van der Waals surface area (Å²) in [5, 5.41) is 0. The van der Waals surface area contributed by atoms with E-state index in [4.69, 9.17) is 0 Å². The first kappa shape index (κ1) is 11.9. The van der Waals surface area contributed by atoms with Crippen LogP contribution < -0.4 is 0 Å². The zero-order valence-electron chi connectivity index (χ0n) is 9.62. The molecule has 0 unspecified atom stereocenters. The Kier molecular flexibility index (Phi) is 4.03. The van der Waals surface area contributed by atoms with Gasteiger partial charge in [0, 0.05) is 18.2 Å². The molecule has 0 spiro atoms. The number of amides is 2. The molecule has 0 aromatic heterocycles. The fraction of sp³-hybridized carbons (Fsp3) is 0.636. The van der Waals surface area contributed by atoms with E-state index in [1.54, 1.807) is 6.92 Å². The van der Waals surface area contributed by atoms with E-state index in [-0.39, 0.29) is 11.8 Å². The SMILES string of the molecule is CC1=CC(=O)N(CCCCN(C)C)C1=O. The van der Waals surface area contributed by atoms with Crippen LogP contribution in [0.2, 0.25) is 0 Å². The summed E-state index contributed by atoms with van der Waals surface area (Å²) in [5.41, 5.74) is 0.549. The molecule has 4 heteroatoms. The highest BCUT2D eigenvalue weighted by atomic mass is 16.2. The van der Waals surface area contributed by atoms with Crippen LogP contribution in [-0.4, -0.2) is 48.8 Å². The van der Waals surface area contributed by atoms with Crippen LogP contribution in [0.1, 0.15) is 19.8 Å². The molecule has 0 atom stereocenters. The topological polar surface area (TPSA) is 40.6 Å². The number of nitrogens with zero attached hydrogens (tertiary/aromatic N) is 2. The van der Waals surface area contributed by atoms with Gasteiger partial charge in [-0.15, -0.1) is 0 Å². The first-order valence-electron chi connectivity index (χ1n) is 5.21. The summed E-state index contributed by atoms with van der Waals surface area (Å²) in [7, 11) is 4.02. The summed E-state index contributed by atoms with van der Waals surface area (Å²) in [4.78, 5) is 26.2. The molecule has 84 valence electrons. The second-order valence-corrected chi connectivity index (χ2v) is 4.13. The van der Waals surface area contributed by atoms with E-state index >= 15 is 0 Å². The van der Waals surface area contributed by atoms with Crippen LogP contribution in [0.3, 0.4) is 0 Å². The molecule has 15 heavy (non-hydrogen) atoms. The predicted molar refractivity (Wildman–Crippen MR) is 58.3 cm³/mol. The Morgan fingerprint density at radius 1 is 1.27 bits per heavy atom. The number of imide groups is 1.